The Morgan fingerprint density at radius 1 is 1.08 bits per heavy atom. The molecule has 2 aromatic carbocycles. The Balaban J connectivity index is 1.66. The first-order chi connectivity index (χ1) is 11.8. The van der Waals surface area contributed by atoms with E-state index in [0.29, 0.717) is 5.56 Å². The quantitative estimate of drug-likeness (QED) is 0.729. The molecular weight excluding hydrogens is 298 g/mol. The van der Waals surface area contributed by atoms with Crippen LogP contribution in [0.5, 0.6) is 0 Å². The number of aromatic nitrogens is 2. The van der Waals surface area contributed by atoms with Crippen LogP contribution in [0.25, 0.3) is 5.69 Å². The fourth-order valence-electron chi connectivity index (χ4n) is 2.50. The molecule has 1 amide bonds. The number of amides is 1. The average molecular weight is 319 g/mol. The van der Waals surface area contributed by atoms with Crippen LogP contribution in [-0.4, -0.2) is 15.7 Å². The summed E-state index contributed by atoms with van der Waals surface area (Å²) in [4.78, 5) is 12.4. The number of carbonyl (C=O) groups excluding carboxylic acids is 1. The molecule has 1 heterocycles. The highest BCUT2D eigenvalue weighted by atomic mass is 16.1. The third kappa shape index (κ3) is 3.90. The monoisotopic (exact) mass is 319 g/mol. The van der Waals surface area contributed by atoms with E-state index in [1.54, 1.807) is 17.1 Å². The zero-order chi connectivity index (χ0) is 16.8. The fraction of sp³-hybridized carbons (Fsp3) is 0.200. The van der Waals surface area contributed by atoms with E-state index >= 15 is 0 Å². The molecule has 3 rings (SSSR count). The van der Waals surface area contributed by atoms with Gasteiger partial charge in [0.2, 0.25) is 0 Å². The molecule has 0 aliphatic carbocycles. The van der Waals surface area contributed by atoms with Crippen LogP contribution < -0.4 is 5.32 Å². The van der Waals surface area contributed by atoms with Gasteiger partial charge in [0.05, 0.1) is 17.4 Å². The van der Waals surface area contributed by atoms with Crippen molar-refractivity contribution in [3.63, 3.8) is 0 Å². The first kappa shape index (κ1) is 16.0. The zero-order valence-corrected chi connectivity index (χ0v) is 13.8. The van der Waals surface area contributed by atoms with Gasteiger partial charge in [-0.15, -0.1) is 0 Å². The van der Waals surface area contributed by atoms with Gasteiger partial charge in [0.1, 0.15) is 0 Å². The lowest BCUT2D eigenvalue weighted by molar-refractivity contribution is 0.102. The lowest BCUT2D eigenvalue weighted by Crippen LogP contribution is -2.11. The molecule has 122 valence electrons. The van der Waals surface area contributed by atoms with E-state index in [4.69, 9.17) is 0 Å². The van der Waals surface area contributed by atoms with E-state index in [-0.39, 0.29) is 5.91 Å². The standard InChI is InChI=1S/C20H21N3O/c1-2-3-7-16-10-12-18(13-11-16)22-20(24)17-14-21-23(15-17)19-8-5-4-6-9-19/h4-6,8-15H,2-3,7H2,1H3,(H,22,24). The Morgan fingerprint density at radius 3 is 2.54 bits per heavy atom. The van der Waals surface area contributed by atoms with E-state index in [2.05, 4.69) is 29.5 Å². The van der Waals surface area contributed by atoms with Gasteiger partial charge < -0.3 is 5.32 Å². The number of nitrogens with zero attached hydrogens (tertiary/aromatic N) is 2. The number of anilines is 1. The topological polar surface area (TPSA) is 46.9 Å². The summed E-state index contributed by atoms with van der Waals surface area (Å²) in [6, 6.07) is 17.8. The van der Waals surface area contributed by atoms with Crippen molar-refractivity contribution in [1.82, 2.24) is 9.78 Å². The van der Waals surface area contributed by atoms with Crippen molar-refractivity contribution in [3.8, 4) is 5.69 Å². The van der Waals surface area contributed by atoms with Gasteiger partial charge in [0.25, 0.3) is 5.91 Å². The van der Waals surface area contributed by atoms with Gasteiger partial charge in [-0.05, 0) is 42.7 Å². The van der Waals surface area contributed by atoms with Crippen LogP contribution in [0.2, 0.25) is 0 Å². The highest BCUT2D eigenvalue weighted by molar-refractivity contribution is 6.03. The molecule has 4 nitrogen and oxygen atoms in total. The normalized spacial score (nSPS) is 10.5. The molecule has 0 unspecified atom stereocenters. The van der Waals surface area contributed by atoms with Crippen LogP contribution in [0, 0.1) is 0 Å². The van der Waals surface area contributed by atoms with E-state index in [0.717, 1.165) is 17.8 Å². The summed E-state index contributed by atoms with van der Waals surface area (Å²) in [6.45, 7) is 2.18. The van der Waals surface area contributed by atoms with Crippen molar-refractivity contribution in [3.05, 3.63) is 78.1 Å². The average Bonchev–Trinajstić information content (AvgIpc) is 3.12. The van der Waals surface area contributed by atoms with E-state index in [1.165, 1.54) is 18.4 Å². The van der Waals surface area contributed by atoms with Crippen LogP contribution in [0.3, 0.4) is 0 Å². The van der Waals surface area contributed by atoms with Crippen molar-refractivity contribution >= 4 is 11.6 Å². The molecule has 0 spiro atoms. The Labute approximate surface area is 142 Å². The molecule has 0 bridgehead atoms. The molecule has 3 aromatic rings. The largest absolute Gasteiger partial charge is 0.322 e. The van der Waals surface area contributed by atoms with Crippen LogP contribution in [0.15, 0.2) is 67.0 Å². The SMILES string of the molecule is CCCCc1ccc(NC(=O)c2cnn(-c3ccccc3)c2)cc1. The molecular formula is C20H21N3O. The molecule has 1 aromatic heterocycles. The maximum absolute atomic E-state index is 12.4. The lowest BCUT2D eigenvalue weighted by atomic mass is 10.1. The number of hydrogen-bond acceptors (Lipinski definition) is 2. The summed E-state index contributed by atoms with van der Waals surface area (Å²) in [6.07, 6.45) is 6.76. The summed E-state index contributed by atoms with van der Waals surface area (Å²) in [5, 5.41) is 7.17. The minimum absolute atomic E-state index is 0.154. The first-order valence-corrected chi connectivity index (χ1v) is 8.26. The number of rotatable bonds is 6. The minimum Gasteiger partial charge on any atom is -0.322 e. The van der Waals surface area contributed by atoms with E-state index in [9.17, 15) is 4.79 Å². The predicted octanol–water partition coefficient (Wildman–Crippen LogP) is 4.47. The Kier molecular flexibility index (Phi) is 5.06. The molecule has 0 aliphatic rings. The first-order valence-electron chi connectivity index (χ1n) is 8.26. The highest BCUT2D eigenvalue weighted by Crippen LogP contribution is 2.14. The summed E-state index contributed by atoms with van der Waals surface area (Å²) in [7, 11) is 0. The second-order valence-corrected chi connectivity index (χ2v) is 5.76. The van der Waals surface area contributed by atoms with Gasteiger partial charge in [0.15, 0.2) is 0 Å². The number of para-hydroxylation sites is 1. The van der Waals surface area contributed by atoms with Crippen molar-refractivity contribution < 1.29 is 4.79 Å². The number of unbranched alkanes of at least 4 members (excludes halogenated alkanes) is 1. The second-order valence-electron chi connectivity index (χ2n) is 5.76. The molecule has 0 aliphatic heterocycles. The number of carbonyl (C=O) groups is 1. The second kappa shape index (κ2) is 7.59. The van der Waals surface area contributed by atoms with Crippen molar-refractivity contribution in [1.29, 1.82) is 0 Å². The molecule has 0 radical (unpaired) electrons. The molecule has 24 heavy (non-hydrogen) atoms. The van der Waals surface area contributed by atoms with Crippen molar-refractivity contribution in [2.24, 2.45) is 0 Å². The smallest absolute Gasteiger partial charge is 0.258 e. The Morgan fingerprint density at radius 2 is 1.83 bits per heavy atom. The maximum Gasteiger partial charge on any atom is 0.258 e. The van der Waals surface area contributed by atoms with Gasteiger partial charge >= 0.3 is 0 Å². The number of nitrogens with one attached hydrogen (secondary N) is 1. The third-order valence-corrected chi connectivity index (χ3v) is 3.90. The minimum atomic E-state index is -0.154. The maximum atomic E-state index is 12.4. The summed E-state index contributed by atoms with van der Waals surface area (Å²) < 4.78 is 1.70. The predicted molar refractivity (Wildman–Crippen MR) is 96.6 cm³/mol. The Bertz CT molecular complexity index is 791. The molecule has 0 atom stereocenters. The number of hydrogen-bond donors (Lipinski definition) is 1. The Hall–Kier alpha value is -2.88. The van der Waals surface area contributed by atoms with Crippen LogP contribution in [0.1, 0.15) is 35.7 Å². The fourth-order valence-corrected chi connectivity index (χ4v) is 2.50. The molecule has 0 fully saturated rings. The molecule has 1 N–H and O–H groups in total. The lowest BCUT2D eigenvalue weighted by Gasteiger charge is -2.05. The van der Waals surface area contributed by atoms with Gasteiger partial charge in [0, 0.05) is 11.9 Å². The summed E-state index contributed by atoms with van der Waals surface area (Å²) in [5.74, 6) is -0.154. The number of aryl methyl sites for hydroxylation is 1. The van der Waals surface area contributed by atoms with Crippen LogP contribution >= 0.6 is 0 Å². The number of benzene rings is 2. The molecule has 0 saturated carbocycles. The van der Waals surface area contributed by atoms with Gasteiger partial charge in [-0.25, -0.2) is 4.68 Å². The summed E-state index contributed by atoms with van der Waals surface area (Å²) in [5.41, 5.74) is 3.56. The van der Waals surface area contributed by atoms with E-state index < -0.39 is 0 Å². The van der Waals surface area contributed by atoms with E-state index in [1.807, 2.05) is 42.5 Å². The van der Waals surface area contributed by atoms with Gasteiger partial charge in [-0.2, -0.15) is 5.10 Å². The van der Waals surface area contributed by atoms with Crippen LogP contribution in [-0.2, 0) is 6.42 Å². The van der Waals surface area contributed by atoms with Gasteiger partial charge in [-0.1, -0.05) is 43.7 Å². The third-order valence-electron chi connectivity index (χ3n) is 3.90. The van der Waals surface area contributed by atoms with Crippen molar-refractivity contribution in [2.45, 2.75) is 26.2 Å². The van der Waals surface area contributed by atoms with Crippen LogP contribution in [0.4, 0.5) is 5.69 Å². The molecule has 4 heteroatoms. The molecule has 0 saturated heterocycles. The highest BCUT2D eigenvalue weighted by Gasteiger charge is 2.09. The zero-order valence-electron chi connectivity index (χ0n) is 13.8. The van der Waals surface area contributed by atoms with Crippen molar-refractivity contribution in [2.75, 3.05) is 5.32 Å². The summed E-state index contributed by atoms with van der Waals surface area (Å²) >= 11 is 0. The van der Waals surface area contributed by atoms with Gasteiger partial charge in [-0.3, -0.25) is 4.79 Å².